The maximum atomic E-state index is 10.7. The minimum absolute atomic E-state index is 0.0565. The Morgan fingerprint density at radius 2 is 2.05 bits per heavy atom. The van der Waals surface area contributed by atoms with Gasteiger partial charge in [0.15, 0.2) is 0 Å². The van der Waals surface area contributed by atoms with Crippen LogP contribution in [-0.4, -0.2) is 21.0 Å². The highest BCUT2D eigenvalue weighted by atomic mass is 32.2. The molecule has 0 radical (unpaired) electrons. The van der Waals surface area contributed by atoms with Gasteiger partial charge in [0.05, 0.1) is 5.03 Å². The van der Waals surface area contributed by atoms with Gasteiger partial charge in [0.1, 0.15) is 5.69 Å². The van der Waals surface area contributed by atoms with E-state index in [1.165, 1.54) is 17.8 Å². The van der Waals surface area contributed by atoms with Crippen LogP contribution in [0.4, 0.5) is 0 Å². The third kappa shape index (κ3) is 2.46. The van der Waals surface area contributed by atoms with Gasteiger partial charge in [0.2, 0.25) is 0 Å². The monoisotopic (exact) mass is 270 g/mol. The Balaban J connectivity index is 1.86. The number of aromatic carboxylic acids is 1. The third-order valence-electron chi connectivity index (χ3n) is 2.69. The molecule has 0 saturated carbocycles. The molecule has 0 atom stereocenters. The van der Waals surface area contributed by atoms with Crippen molar-refractivity contribution in [3.8, 4) is 0 Å². The molecule has 3 aromatic rings. The van der Waals surface area contributed by atoms with Crippen molar-refractivity contribution in [2.24, 2.45) is 0 Å². The Hall–Kier alpha value is -2.27. The number of para-hydroxylation sites is 1. The fourth-order valence-corrected chi connectivity index (χ4v) is 2.64. The summed E-state index contributed by atoms with van der Waals surface area (Å²) < 4.78 is 0. The molecule has 94 valence electrons. The largest absolute Gasteiger partial charge is 0.477 e. The molecule has 0 spiro atoms. The Labute approximate surface area is 113 Å². The fourth-order valence-electron chi connectivity index (χ4n) is 1.80. The van der Waals surface area contributed by atoms with E-state index in [-0.39, 0.29) is 5.69 Å². The number of rotatable bonds is 3. The molecule has 0 aliphatic carbocycles. The predicted molar refractivity (Wildman–Crippen MR) is 73.6 cm³/mol. The standard InChI is InChI=1S/C14H10N2O2S/c17-14(18)12-6-5-10(8-15-12)19-13-7-9-3-1-2-4-11(9)16-13/h1-8,16H,(H,17,18). The van der Waals surface area contributed by atoms with Gasteiger partial charge >= 0.3 is 5.97 Å². The second kappa shape index (κ2) is 4.78. The van der Waals surface area contributed by atoms with Gasteiger partial charge in [0.25, 0.3) is 0 Å². The zero-order chi connectivity index (χ0) is 13.2. The zero-order valence-corrected chi connectivity index (χ0v) is 10.6. The Bertz CT molecular complexity index is 702. The van der Waals surface area contributed by atoms with Crippen LogP contribution < -0.4 is 0 Å². The van der Waals surface area contributed by atoms with Gasteiger partial charge in [-0.2, -0.15) is 0 Å². The van der Waals surface area contributed by atoms with Gasteiger partial charge in [-0.3, -0.25) is 0 Å². The molecule has 0 fully saturated rings. The molecule has 2 heterocycles. The summed E-state index contributed by atoms with van der Waals surface area (Å²) in [6, 6.07) is 13.4. The molecule has 0 amide bonds. The topological polar surface area (TPSA) is 66.0 Å². The van der Waals surface area contributed by atoms with Gasteiger partial charge in [0, 0.05) is 22.0 Å². The average molecular weight is 270 g/mol. The smallest absolute Gasteiger partial charge is 0.354 e. The summed E-state index contributed by atoms with van der Waals surface area (Å²) in [6.45, 7) is 0. The number of carbonyl (C=O) groups is 1. The number of aromatic amines is 1. The quantitative estimate of drug-likeness (QED) is 0.765. The highest BCUT2D eigenvalue weighted by Crippen LogP contribution is 2.29. The molecule has 5 heteroatoms. The number of H-pyrrole nitrogens is 1. The van der Waals surface area contributed by atoms with E-state index in [9.17, 15) is 4.79 Å². The van der Waals surface area contributed by atoms with Crippen LogP contribution in [0.5, 0.6) is 0 Å². The van der Waals surface area contributed by atoms with Crippen LogP contribution in [0.15, 0.2) is 58.6 Å². The van der Waals surface area contributed by atoms with Gasteiger partial charge in [-0.15, -0.1) is 0 Å². The minimum Gasteiger partial charge on any atom is -0.477 e. The lowest BCUT2D eigenvalue weighted by molar-refractivity contribution is 0.0690. The van der Waals surface area contributed by atoms with Crippen LogP contribution >= 0.6 is 11.8 Å². The summed E-state index contributed by atoms with van der Waals surface area (Å²) in [5.41, 5.74) is 1.14. The summed E-state index contributed by atoms with van der Waals surface area (Å²) in [5, 5.41) is 10.9. The summed E-state index contributed by atoms with van der Waals surface area (Å²) in [7, 11) is 0. The van der Waals surface area contributed by atoms with E-state index in [1.54, 1.807) is 12.3 Å². The first kappa shape index (κ1) is 11.8. The molecule has 0 unspecified atom stereocenters. The van der Waals surface area contributed by atoms with Crippen molar-refractivity contribution in [3.63, 3.8) is 0 Å². The molecule has 2 N–H and O–H groups in total. The summed E-state index contributed by atoms with van der Waals surface area (Å²) in [5.74, 6) is -1.01. The number of fused-ring (bicyclic) bond motifs is 1. The average Bonchev–Trinajstić information content (AvgIpc) is 2.81. The second-order valence-electron chi connectivity index (χ2n) is 4.01. The number of pyridine rings is 1. The van der Waals surface area contributed by atoms with Crippen LogP contribution in [0.25, 0.3) is 10.9 Å². The number of hydrogen-bond donors (Lipinski definition) is 2. The van der Waals surface area contributed by atoms with Crippen LogP contribution in [0, 0.1) is 0 Å². The normalized spacial score (nSPS) is 10.7. The van der Waals surface area contributed by atoms with E-state index >= 15 is 0 Å². The van der Waals surface area contributed by atoms with Crippen molar-refractivity contribution in [2.45, 2.75) is 9.92 Å². The number of benzene rings is 1. The third-order valence-corrected chi connectivity index (χ3v) is 3.61. The van der Waals surface area contributed by atoms with E-state index in [2.05, 4.69) is 16.0 Å². The second-order valence-corrected chi connectivity index (χ2v) is 5.12. The number of carboxylic acid groups (broad SMARTS) is 1. The molecule has 0 saturated heterocycles. The molecule has 2 aromatic heterocycles. The van der Waals surface area contributed by atoms with Gasteiger partial charge in [-0.1, -0.05) is 30.0 Å². The molecule has 0 aliphatic heterocycles. The molecule has 0 aliphatic rings. The minimum atomic E-state index is -1.01. The Morgan fingerprint density at radius 3 is 2.74 bits per heavy atom. The number of carboxylic acids is 1. The van der Waals surface area contributed by atoms with Crippen LogP contribution in [0.1, 0.15) is 10.5 Å². The van der Waals surface area contributed by atoms with Crippen molar-refractivity contribution >= 4 is 28.6 Å². The Kier molecular flexibility index (Phi) is 2.97. The van der Waals surface area contributed by atoms with Crippen molar-refractivity contribution < 1.29 is 9.90 Å². The highest BCUT2D eigenvalue weighted by molar-refractivity contribution is 7.99. The fraction of sp³-hybridized carbons (Fsp3) is 0. The number of hydrogen-bond acceptors (Lipinski definition) is 3. The Morgan fingerprint density at radius 1 is 1.21 bits per heavy atom. The first-order valence-corrected chi connectivity index (χ1v) is 6.49. The molecular weight excluding hydrogens is 260 g/mol. The number of nitrogens with one attached hydrogen (secondary N) is 1. The van der Waals surface area contributed by atoms with Crippen molar-refractivity contribution in [2.75, 3.05) is 0 Å². The van der Waals surface area contributed by atoms with Gasteiger partial charge in [-0.05, 0) is 24.3 Å². The van der Waals surface area contributed by atoms with Crippen molar-refractivity contribution in [1.82, 2.24) is 9.97 Å². The van der Waals surface area contributed by atoms with Crippen LogP contribution in [0.3, 0.4) is 0 Å². The van der Waals surface area contributed by atoms with Gasteiger partial charge < -0.3 is 10.1 Å². The van der Waals surface area contributed by atoms with Crippen molar-refractivity contribution in [3.05, 3.63) is 54.4 Å². The van der Waals surface area contributed by atoms with Crippen LogP contribution in [0.2, 0.25) is 0 Å². The molecule has 1 aromatic carbocycles. The van der Waals surface area contributed by atoms with Crippen molar-refractivity contribution in [1.29, 1.82) is 0 Å². The molecule has 4 nitrogen and oxygen atoms in total. The SMILES string of the molecule is O=C(O)c1ccc(Sc2cc3ccccc3[nH]2)cn1. The van der Waals surface area contributed by atoms with Crippen LogP contribution in [-0.2, 0) is 0 Å². The lowest BCUT2D eigenvalue weighted by Gasteiger charge is -1.98. The molecule has 0 bridgehead atoms. The van der Waals surface area contributed by atoms with E-state index < -0.39 is 5.97 Å². The van der Waals surface area contributed by atoms with E-state index in [0.29, 0.717) is 0 Å². The lowest BCUT2D eigenvalue weighted by Crippen LogP contribution is -1.98. The first-order chi connectivity index (χ1) is 9.22. The van der Waals surface area contributed by atoms with Gasteiger partial charge in [-0.25, -0.2) is 9.78 Å². The molecule has 19 heavy (non-hydrogen) atoms. The summed E-state index contributed by atoms with van der Waals surface area (Å²) in [6.07, 6.45) is 1.57. The van der Waals surface area contributed by atoms with E-state index in [4.69, 9.17) is 5.11 Å². The summed E-state index contributed by atoms with van der Waals surface area (Å²) in [4.78, 5) is 18.8. The van der Waals surface area contributed by atoms with E-state index in [0.717, 1.165) is 20.8 Å². The predicted octanol–water partition coefficient (Wildman–Crippen LogP) is 3.41. The lowest BCUT2D eigenvalue weighted by atomic mass is 10.3. The molecular formula is C14H10N2O2S. The maximum Gasteiger partial charge on any atom is 0.354 e. The number of aromatic nitrogens is 2. The first-order valence-electron chi connectivity index (χ1n) is 5.67. The molecule has 3 rings (SSSR count). The highest BCUT2D eigenvalue weighted by Gasteiger charge is 2.06. The zero-order valence-electron chi connectivity index (χ0n) is 9.83. The maximum absolute atomic E-state index is 10.7. The van der Waals surface area contributed by atoms with E-state index in [1.807, 2.05) is 24.3 Å². The number of nitrogens with zero attached hydrogens (tertiary/aromatic N) is 1. The summed E-state index contributed by atoms with van der Waals surface area (Å²) >= 11 is 1.52.